The Morgan fingerprint density at radius 1 is 1.28 bits per heavy atom. The smallest absolute Gasteiger partial charge is 0.405 e. The molecule has 2 amide bonds. The van der Waals surface area contributed by atoms with Crippen molar-refractivity contribution in [1.29, 1.82) is 0 Å². The Labute approximate surface area is 143 Å². The average molecular weight is 356 g/mol. The second-order valence-electron chi connectivity index (χ2n) is 5.94. The van der Waals surface area contributed by atoms with Crippen molar-refractivity contribution in [1.82, 2.24) is 4.90 Å². The number of para-hydroxylation sites is 1. The molecule has 2 N–H and O–H groups in total. The van der Waals surface area contributed by atoms with Gasteiger partial charge in [-0.2, -0.15) is 0 Å². The molecule has 5 nitrogen and oxygen atoms in total. The van der Waals surface area contributed by atoms with E-state index in [2.05, 4.69) is 4.74 Å². The standard InChI is InChI=1S/C17H19F3N2O3/c1-11-6-7-13(16(21)24)10-22(11)15(23)9-8-12-4-2-3-5-14(12)25-17(18,19)20/h2-5,8-9,11,13H,6-7,10H2,1H3,(H2,21,24)/b9-8-/t11-,13+/m1/s1. The van der Waals surface area contributed by atoms with Crippen LogP contribution in [0.25, 0.3) is 6.08 Å². The first-order chi connectivity index (χ1) is 11.7. The van der Waals surface area contributed by atoms with Gasteiger partial charge in [0.1, 0.15) is 5.75 Å². The summed E-state index contributed by atoms with van der Waals surface area (Å²) in [5.41, 5.74) is 5.43. The molecule has 1 aliphatic heterocycles. The van der Waals surface area contributed by atoms with Gasteiger partial charge < -0.3 is 15.4 Å². The molecule has 136 valence electrons. The van der Waals surface area contributed by atoms with Crippen LogP contribution in [0.1, 0.15) is 25.3 Å². The average Bonchev–Trinajstić information content (AvgIpc) is 2.52. The molecule has 1 heterocycles. The Morgan fingerprint density at radius 3 is 2.60 bits per heavy atom. The zero-order chi connectivity index (χ0) is 18.6. The minimum Gasteiger partial charge on any atom is -0.405 e. The second-order valence-corrected chi connectivity index (χ2v) is 5.94. The van der Waals surface area contributed by atoms with Gasteiger partial charge in [0.15, 0.2) is 0 Å². The topological polar surface area (TPSA) is 72.6 Å². The number of carbonyl (C=O) groups excluding carboxylic acids is 2. The maximum absolute atomic E-state index is 12.4. The summed E-state index contributed by atoms with van der Waals surface area (Å²) < 4.78 is 41.2. The van der Waals surface area contributed by atoms with Gasteiger partial charge in [-0.05, 0) is 31.9 Å². The number of nitrogens with zero attached hydrogens (tertiary/aromatic N) is 1. The van der Waals surface area contributed by atoms with Crippen molar-refractivity contribution in [2.45, 2.75) is 32.2 Å². The molecule has 1 aromatic carbocycles. The molecule has 25 heavy (non-hydrogen) atoms. The number of amides is 2. The highest BCUT2D eigenvalue weighted by Crippen LogP contribution is 2.27. The number of hydrogen-bond acceptors (Lipinski definition) is 3. The van der Waals surface area contributed by atoms with Gasteiger partial charge in [-0.1, -0.05) is 18.2 Å². The van der Waals surface area contributed by atoms with Crippen molar-refractivity contribution in [3.05, 3.63) is 35.9 Å². The van der Waals surface area contributed by atoms with Crippen LogP contribution < -0.4 is 10.5 Å². The maximum atomic E-state index is 12.4. The first-order valence-corrected chi connectivity index (χ1v) is 7.80. The van der Waals surface area contributed by atoms with Gasteiger partial charge in [0.05, 0.1) is 5.92 Å². The maximum Gasteiger partial charge on any atom is 0.573 e. The number of primary amides is 1. The summed E-state index contributed by atoms with van der Waals surface area (Å²) in [7, 11) is 0. The SMILES string of the molecule is C[C@@H]1CC[C@H](C(N)=O)CN1C(=O)/C=C\c1ccccc1OC(F)(F)F. The molecule has 2 atom stereocenters. The Bertz CT molecular complexity index is 673. The summed E-state index contributed by atoms with van der Waals surface area (Å²) in [6.45, 7) is 2.06. The number of ether oxygens (including phenoxy) is 1. The van der Waals surface area contributed by atoms with E-state index in [9.17, 15) is 22.8 Å². The zero-order valence-electron chi connectivity index (χ0n) is 13.6. The summed E-state index contributed by atoms with van der Waals surface area (Å²) in [4.78, 5) is 25.2. The van der Waals surface area contributed by atoms with Crippen LogP contribution in [0, 0.1) is 5.92 Å². The van der Waals surface area contributed by atoms with Gasteiger partial charge in [-0.3, -0.25) is 9.59 Å². The third-order valence-electron chi connectivity index (χ3n) is 4.12. The van der Waals surface area contributed by atoms with Crippen LogP contribution in [0.5, 0.6) is 5.75 Å². The van der Waals surface area contributed by atoms with E-state index in [1.165, 1.54) is 35.3 Å². The first-order valence-electron chi connectivity index (χ1n) is 7.80. The van der Waals surface area contributed by atoms with Crippen molar-refractivity contribution >= 4 is 17.9 Å². The minimum atomic E-state index is -4.82. The third kappa shape index (κ3) is 5.23. The number of carbonyl (C=O) groups is 2. The Hall–Kier alpha value is -2.51. The number of rotatable bonds is 4. The highest BCUT2D eigenvalue weighted by molar-refractivity contribution is 5.93. The largest absolute Gasteiger partial charge is 0.573 e. The third-order valence-corrected chi connectivity index (χ3v) is 4.12. The molecule has 0 aliphatic carbocycles. The number of hydrogen-bond donors (Lipinski definition) is 1. The minimum absolute atomic E-state index is 0.0746. The van der Waals surface area contributed by atoms with Gasteiger partial charge in [0.2, 0.25) is 11.8 Å². The molecule has 1 aromatic rings. The van der Waals surface area contributed by atoms with E-state index in [4.69, 9.17) is 5.73 Å². The number of likely N-dealkylation sites (tertiary alicyclic amines) is 1. The molecule has 2 rings (SSSR count). The lowest BCUT2D eigenvalue weighted by Gasteiger charge is -2.36. The van der Waals surface area contributed by atoms with E-state index < -0.39 is 18.2 Å². The molecule has 0 radical (unpaired) electrons. The molecular formula is C17H19F3N2O3. The fourth-order valence-electron chi connectivity index (χ4n) is 2.74. The van der Waals surface area contributed by atoms with Crippen molar-refractivity contribution in [3.63, 3.8) is 0 Å². The predicted octanol–water partition coefficient (Wildman–Crippen LogP) is 2.71. The Morgan fingerprint density at radius 2 is 1.96 bits per heavy atom. The van der Waals surface area contributed by atoms with Crippen molar-refractivity contribution in [2.75, 3.05) is 6.54 Å². The fraction of sp³-hybridized carbons (Fsp3) is 0.412. The summed E-state index contributed by atoms with van der Waals surface area (Å²) >= 11 is 0. The normalized spacial score (nSPS) is 21.4. The van der Waals surface area contributed by atoms with E-state index in [1.54, 1.807) is 6.07 Å². The molecule has 1 aliphatic rings. The molecule has 0 bridgehead atoms. The fourth-order valence-corrected chi connectivity index (χ4v) is 2.74. The van der Waals surface area contributed by atoms with Crippen molar-refractivity contribution < 1.29 is 27.5 Å². The Balaban J connectivity index is 2.13. The summed E-state index contributed by atoms with van der Waals surface area (Å²) in [6, 6.07) is 5.46. The number of piperidine rings is 1. The van der Waals surface area contributed by atoms with Gasteiger partial charge >= 0.3 is 6.36 Å². The van der Waals surface area contributed by atoms with Gasteiger partial charge in [-0.15, -0.1) is 13.2 Å². The van der Waals surface area contributed by atoms with Crippen LogP contribution in [0.2, 0.25) is 0 Å². The van der Waals surface area contributed by atoms with Gasteiger partial charge in [0, 0.05) is 24.2 Å². The van der Waals surface area contributed by atoms with Gasteiger partial charge in [-0.25, -0.2) is 0 Å². The lowest BCUT2D eigenvalue weighted by Crippen LogP contribution is -2.48. The summed E-state index contributed by atoms with van der Waals surface area (Å²) in [6.07, 6.45) is -1.11. The second kappa shape index (κ2) is 7.58. The number of nitrogens with two attached hydrogens (primary N) is 1. The first kappa shape index (κ1) is 18.8. The lowest BCUT2D eigenvalue weighted by atomic mass is 9.93. The number of benzene rings is 1. The van der Waals surface area contributed by atoms with Crippen LogP contribution in [0.3, 0.4) is 0 Å². The summed E-state index contributed by atoms with van der Waals surface area (Å²) in [5.74, 6) is -1.65. The monoisotopic (exact) mass is 356 g/mol. The van der Waals surface area contributed by atoms with Gasteiger partial charge in [0.25, 0.3) is 0 Å². The molecule has 8 heteroatoms. The van der Waals surface area contributed by atoms with Crippen LogP contribution in [0.4, 0.5) is 13.2 Å². The molecule has 0 aromatic heterocycles. The Kier molecular flexibility index (Phi) is 5.71. The molecule has 0 spiro atoms. The van der Waals surface area contributed by atoms with Crippen LogP contribution in [-0.4, -0.2) is 35.7 Å². The molecule has 1 fully saturated rings. The van der Waals surface area contributed by atoms with E-state index in [-0.39, 0.29) is 29.8 Å². The molecule has 0 saturated carbocycles. The molecule has 0 unspecified atom stereocenters. The van der Waals surface area contributed by atoms with E-state index in [0.717, 1.165) is 0 Å². The molecular weight excluding hydrogens is 337 g/mol. The van der Waals surface area contributed by atoms with E-state index in [0.29, 0.717) is 12.8 Å². The van der Waals surface area contributed by atoms with Crippen molar-refractivity contribution in [3.8, 4) is 5.75 Å². The number of halogens is 3. The quantitative estimate of drug-likeness (QED) is 0.843. The zero-order valence-corrected chi connectivity index (χ0v) is 13.6. The molecule has 1 saturated heterocycles. The van der Waals surface area contributed by atoms with Crippen LogP contribution in [0.15, 0.2) is 30.3 Å². The lowest BCUT2D eigenvalue weighted by molar-refractivity contribution is -0.274. The van der Waals surface area contributed by atoms with Crippen molar-refractivity contribution in [2.24, 2.45) is 11.7 Å². The summed E-state index contributed by atoms with van der Waals surface area (Å²) in [5, 5.41) is 0. The van der Waals surface area contributed by atoms with Crippen LogP contribution in [-0.2, 0) is 9.59 Å². The highest BCUT2D eigenvalue weighted by Gasteiger charge is 2.32. The van der Waals surface area contributed by atoms with E-state index in [1.807, 2.05) is 6.92 Å². The predicted molar refractivity (Wildman–Crippen MR) is 85.3 cm³/mol. The van der Waals surface area contributed by atoms with Crippen LogP contribution >= 0.6 is 0 Å². The van der Waals surface area contributed by atoms with E-state index >= 15 is 0 Å². The number of alkyl halides is 3. The highest BCUT2D eigenvalue weighted by atomic mass is 19.4.